The van der Waals surface area contributed by atoms with E-state index in [1.807, 2.05) is 18.2 Å². The van der Waals surface area contributed by atoms with Crippen LogP contribution < -0.4 is 0 Å². The minimum absolute atomic E-state index is 0.663. The molecule has 1 aromatic carbocycles. The van der Waals surface area contributed by atoms with Gasteiger partial charge >= 0.3 is 0 Å². The van der Waals surface area contributed by atoms with E-state index < -0.39 is 0 Å². The Labute approximate surface area is 93.6 Å². The number of halogens is 3. The minimum atomic E-state index is 0.663. The molecule has 0 bridgehead atoms. The maximum absolute atomic E-state index is 5.89. The monoisotopic (exact) mass is 306 g/mol. The summed E-state index contributed by atoms with van der Waals surface area (Å²) in [6.07, 6.45) is 0. The molecule has 1 rings (SSSR count). The van der Waals surface area contributed by atoms with Gasteiger partial charge in [-0.2, -0.15) is 0 Å². The van der Waals surface area contributed by atoms with Crippen LogP contribution >= 0.6 is 43.5 Å². The highest BCUT2D eigenvalue weighted by Crippen LogP contribution is 2.19. The largest absolute Gasteiger partial charge is 0.0863 e. The van der Waals surface area contributed by atoms with E-state index in [4.69, 9.17) is 11.6 Å². The fourth-order valence-corrected chi connectivity index (χ4v) is 1.39. The van der Waals surface area contributed by atoms with E-state index in [1.165, 1.54) is 0 Å². The molecule has 3 heteroatoms. The van der Waals surface area contributed by atoms with Crippen LogP contribution in [0.25, 0.3) is 0 Å². The van der Waals surface area contributed by atoms with Gasteiger partial charge in [-0.05, 0) is 18.2 Å². The van der Waals surface area contributed by atoms with Crippen molar-refractivity contribution in [3.8, 4) is 11.8 Å². The SMILES string of the molecule is Clc1ccc(Br)cc1C#CCBr. The van der Waals surface area contributed by atoms with Crippen LogP contribution in [0.4, 0.5) is 0 Å². The molecule has 12 heavy (non-hydrogen) atoms. The summed E-state index contributed by atoms with van der Waals surface area (Å²) in [5, 5.41) is 1.35. The molecule has 62 valence electrons. The van der Waals surface area contributed by atoms with Gasteiger partial charge < -0.3 is 0 Å². The normalized spacial score (nSPS) is 8.92. The minimum Gasteiger partial charge on any atom is -0.0863 e. The lowest BCUT2D eigenvalue weighted by Crippen LogP contribution is -1.77. The highest BCUT2D eigenvalue weighted by molar-refractivity contribution is 9.10. The molecule has 0 fully saturated rings. The summed E-state index contributed by atoms with van der Waals surface area (Å²) in [7, 11) is 0. The van der Waals surface area contributed by atoms with Crippen LogP contribution in [0.5, 0.6) is 0 Å². The van der Waals surface area contributed by atoms with E-state index in [-0.39, 0.29) is 0 Å². The molecule has 1 aromatic rings. The van der Waals surface area contributed by atoms with Crippen LogP contribution in [-0.4, -0.2) is 5.33 Å². The third kappa shape index (κ3) is 2.82. The van der Waals surface area contributed by atoms with Gasteiger partial charge in [0.25, 0.3) is 0 Å². The van der Waals surface area contributed by atoms with Crippen molar-refractivity contribution in [2.75, 3.05) is 5.33 Å². The lowest BCUT2D eigenvalue weighted by Gasteiger charge is -1.95. The van der Waals surface area contributed by atoms with Crippen LogP contribution in [0.15, 0.2) is 22.7 Å². The first-order chi connectivity index (χ1) is 5.74. The van der Waals surface area contributed by atoms with E-state index >= 15 is 0 Å². The van der Waals surface area contributed by atoms with Gasteiger partial charge in [0.15, 0.2) is 0 Å². The summed E-state index contributed by atoms with van der Waals surface area (Å²) in [6.45, 7) is 0. The topological polar surface area (TPSA) is 0 Å². The lowest BCUT2D eigenvalue weighted by atomic mass is 10.2. The molecule has 0 unspecified atom stereocenters. The Morgan fingerprint density at radius 2 is 2.17 bits per heavy atom. The van der Waals surface area contributed by atoms with Gasteiger partial charge in [0, 0.05) is 10.0 Å². The maximum atomic E-state index is 5.89. The molecule has 0 spiro atoms. The second kappa shape index (κ2) is 4.91. The number of rotatable bonds is 0. The van der Waals surface area contributed by atoms with Crippen molar-refractivity contribution in [1.82, 2.24) is 0 Å². The molecular formula is C9H5Br2Cl. The predicted molar refractivity (Wildman–Crippen MR) is 59.8 cm³/mol. The quantitative estimate of drug-likeness (QED) is 0.504. The second-order valence-electron chi connectivity index (χ2n) is 2.06. The van der Waals surface area contributed by atoms with Crippen LogP contribution in [0.1, 0.15) is 5.56 Å². The van der Waals surface area contributed by atoms with E-state index in [0.29, 0.717) is 10.4 Å². The lowest BCUT2D eigenvalue weighted by molar-refractivity contribution is 1.60. The van der Waals surface area contributed by atoms with Crippen LogP contribution in [0, 0.1) is 11.8 Å². The summed E-state index contributed by atoms with van der Waals surface area (Å²) < 4.78 is 0.991. The summed E-state index contributed by atoms with van der Waals surface area (Å²) in [5.41, 5.74) is 0.852. The van der Waals surface area contributed by atoms with Gasteiger partial charge in [0.1, 0.15) is 0 Å². The molecule has 0 heterocycles. The van der Waals surface area contributed by atoms with Crippen molar-refractivity contribution in [1.29, 1.82) is 0 Å². The molecule has 0 radical (unpaired) electrons. The van der Waals surface area contributed by atoms with E-state index in [1.54, 1.807) is 0 Å². The number of hydrogen-bond donors (Lipinski definition) is 0. The molecule has 0 amide bonds. The molecule has 0 atom stereocenters. The summed E-state index contributed by atoms with van der Waals surface area (Å²) in [5.74, 6) is 5.84. The Kier molecular flexibility index (Phi) is 4.14. The third-order valence-electron chi connectivity index (χ3n) is 1.22. The molecule has 0 nitrogen and oxygen atoms in total. The van der Waals surface area contributed by atoms with Crippen molar-refractivity contribution in [2.24, 2.45) is 0 Å². The number of hydrogen-bond acceptors (Lipinski definition) is 0. The molecule has 0 aliphatic rings. The summed E-state index contributed by atoms with van der Waals surface area (Å²) in [6, 6.07) is 5.61. The van der Waals surface area contributed by atoms with Crippen molar-refractivity contribution in [3.63, 3.8) is 0 Å². The Balaban J connectivity index is 3.05. The van der Waals surface area contributed by atoms with Crippen molar-refractivity contribution in [3.05, 3.63) is 33.3 Å². The Bertz CT molecular complexity index is 336. The van der Waals surface area contributed by atoms with Gasteiger partial charge in [-0.15, -0.1) is 0 Å². The third-order valence-corrected chi connectivity index (χ3v) is 2.32. The van der Waals surface area contributed by atoms with Gasteiger partial charge in [-0.25, -0.2) is 0 Å². The van der Waals surface area contributed by atoms with Gasteiger partial charge in [0.05, 0.1) is 10.4 Å². The molecule has 0 aliphatic heterocycles. The van der Waals surface area contributed by atoms with Crippen molar-refractivity contribution < 1.29 is 0 Å². The zero-order valence-electron chi connectivity index (χ0n) is 6.07. The average molecular weight is 308 g/mol. The zero-order valence-corrected chi connectivity index (χ0v) is 10.0. The van der Waals surface area contributed by atoms with E-state index in [0.717, 1.165) is 10.0 Å². The molecule has 0 saturated heterocycles. The highest BCUT2D eigenvalue weighted by Gasteiger charge is 1.96. The first-order valence-corrected chi connectivity index (χ1v) is 5.53. The van der Waals surface area contributed by atoms with Crippen molar-refractivity contribution >= 4 is 43.5 Å². The number of alkyl halides is 1. The summed E-state index contributed by atoms with van der Waals surface area (Å²) >= 11 is 12.5. The van der Waals surface area contributed by atoms with E-state index in [9.17, 15) is 0 Å². The first kappa shape index (κ1) is 10.1. The Hall–Kier alpha value is 0.0300. The zero-order chi connectivity index (χ0) is 8.97. The second-order valence-corrected chi connectivity index (χ2v) is 3.94. The standard InChI is InChI=1S/C9H5Br2Cl/c10-5-1-2-7-6-8(11)3-4-9(7)12/h3-4,6H,5H2. The van der Waals surface area contributed by atoms with Crippen molar-refractivity contribution in [2.45, 2.75) is 0 Å². The van der Waals surface area contributed by atoms with Gasteiger partial charge in [-0.1, -0.05) is 55.3 Å². The molecular weight excluding hydrogens is 303 g/mol. The highest BCUT2D eigenvalue weighted by atomic mass is 79.9. The van der Waals surface area contributed by atoms with Gasteiger partial charge in [0.2, 0.25) is 0 Å². The Morgan fingerprint density at radius 1 is 1.42 bits per heavy atom. The van der Waals surface area contributed by atoms with Crippen LogP contribution in [0.2, 0.25) is 5.02 Å². The molecule has 0 saturated carbocycles. The summed E-state index contributed by atoms with van der Waals surface area (Å²) in [4.78, 5) is 0. The molecule has 0 N–H and O–H groups in total. The smallest absolute Gasteiger partial charge is 0.0649 e. The number of benzene rings is 1. The Morgan fingerprint density at radius 3 is 2.83 bits per heavy atom. The predicted octanol–water partition coefficient (Wildman–Crippen LogP) is 3.85. The van der Waals surface area contributed by atoms with Crippen LogP contribution in [-0.2, 0) is 0 Å². The van der Waals surface area contributed by atoms with Crippen LogP contribution in [0.3, 0.4) is 0 Å². The fraction of sp³-hybridized carbons (Fsp3) is 0.111. The molecule has 0 aliphatic carbocycles. The first-order valence-electron chi connectivity index (χ1n) is 3.24. The van der Waals surface area contributed by atoms with E-state index in [2.05, 4.69) is 43.7 Å². The fourth-order valence-electron chi connectivity index (χ4n) is 0.722. The average Bonchev–Trinajstić information content (AvgIpc) is 2.07. The molecule has 0 aromatic heterocycles. The van der Waals surface area contributed by atoms with Gasteiger partial charge in [-0.3, -0.25) is 0 Å². The maximum Gasteiger partial charge on any atom is 0.0649 e.